The number of nitrogens with zero attached hydrogens (tertiary/aromatic N) is 2. The van der Waals surface area contributed by atoms with E-state index in [9.17, 15) is 9.18 Å². The summed E-state index contributed by atoms with van der Waals surface area (Å²) in [5, 5.41) is 12.1. The molecule has 2 heterocycles. The second-order valence-electron chi connectivity index (χ2n) is 5.70. The summed E-state index contributed by atoms with van der Waals surface area (Å²) in [7, 11) is 2.94. The highest BCUT2D eigenvalue weighted by Crippen LogP contribution is 2.33. The molecule has 2 aromatic heterocycles. The van der Waals surface area contributed by atoms with Crippen molar-refractivity contribution < 1.29 is 23.1 Å². The van der Waals surface area contributed by atoms with Gasteiger partial charge in [-0.3, -0.25) is 10.1 Å². The molecule has 4 aromatic rings. The highest BCUT2D eigenvalue weighted by Gasteiger charge is 2.20. The van der Waals surface area contributed by atoms with Gasteiger partial charge in [0.1, 0.15) is 28.5 Å². The molecule has 142 valence electrons. The smallest absolute Gasteiger partial charge is 0.265 e. The van der Waals surface area contributed by atoms with E-state index in [0.717, 1.165) is 11.3 Å². The SMILES string of the molecule is COc1cccc(OC)c1C(=O)Nc1nnc(-c2cc3cc(F)ccc3o2)s1. The zero-order valence-corrected chi connectivity index (χ0v) is 15.7. The van der Waals surface area contributed by atoms with Crippen LogP contribution < -0.4 is 14.8 Å². The Morgan fingerprint density at radius 2 is 1.86 bits per heavy atom. The topological polar surface area (TPSA) is 86.5 Å². The number of benzene rings is 2. The molecule has 1 N–H and O–H groups in total. The Morgan fingerprint density at radius 3 is 2.57 bits per heavy atom. The van der Waals surface area contributed by atoms with Crippen LogP contribution in [0.3, 0.4) is 0 Å². The van der Waals surface area contributed by atoms with Gasteiger partial charge in [-0.25, -0.2) is 4.39 Å². The van der Waals surface area contributed by atoms with Gasteiger partial charge in [0.05, 0.1) is 14.2 Å². The number of aromatic nitrogens is 2. The fourth-order valence-corrected chi connectivity index (χ4v) is 3.42. The van der Waals surface area contributed by atoms with Crippen molar-refractivity contribution in [2.24, 2.45) is 0 Å². The predicted molar refractivity (Wildman–Crippen MR) is 103 cm³/mol. The molecule has 0 spiro atoms. The van der Waals surface area contributed by atoms with Crippen LogP contribution >= 0.6 is 11.3 Å². The average Bonchev–Trinajstić information content (AvgIpc) is 3.33. The normalized spacial score (nSPS) is 10.8. The number of ether oxygens (including phenoxy) is 2. The van der Waals surface area contributed by atoms with E-state index < -0.39 is 5.91 Å². The molecule has 0 atom stereocenters. The van der Waals surface area contributed by atoms with Gasteiger partial charge in [0.25, 0.3) is 5.91 Å². The van der Waals surface area contributed by atoms with E-state index in [4.69, 9.17) is 13.9 Å². The molecule has 0 saturated carbocycles. The quantitative estimate of drug-likeness (QED) is 0.537. The number of hydrogen-bond acceptors (Lipinski definition) is 7. The number of anilines is 1. The number of nitrogens with one attached hydrogen (secondary N) is 1. The average molecular weight is 399 g/mol. The highest BCUT2D eigenvalue weighted by atomic mass is 32.1. The molecule has 2 aromatic carbocycles. The maximum absolute atomic E-state index is 13.3. The van der Waals surface area contributed by atoms with Crippen LogP contribution in [0.1, 0.15) is 10.4 Å². The number of furan rings is 1. The summed E-state index contributed by atoms with van der Waals surface area (Å²) in [4.78, 5) is 12.7. The van der Waals surface area contributed by atoms with Gasteiger partial charge in [0.2, 0.25) is 5.13 Å². The molecule has 0 unspecified atom stereocenters. The minimum absolute atomic E-state index is 0.253. The maximum atomic E-state index is 13.3. The van der Waals surface area contributed by atoms with Crippen molar-refractivity contribution in [2.75, 3.05) is 19.5 Å². The molecule has 28 heavy (non-hydrogen) atoms. The monoisotopic (exact) mass is 399 g/mol. The number of methoxy groups -OCH3 is 2. The van der Waals surface area contributed by atoms with E-state index in [1.165, 1.54) is 26.4 Å². The Kier molecular flexibility index (Phi) is 4.66. The summed E-state index contributed by atoms with van der Waals surface area (Å²) in [6, 6.07) is 11.0. The van der Waals surface area contributed by atoms with Gasteiger partial charge in [-0.15, -0.1) is 10.2 Å². The minimum atomic E-state index is -0.441. The van der Waals surface area contributed by atoms with Gasteiger partial charge in [-0.1, -0.05) is 17.4 Å². The zero-order chi connectivity index (χ0) is 19.7. The number of carbonyl (C=O) groups is 1. The largest absolute Gasteiger partial charge is 0.496 e. The molecule has 0 radical (unpaired) electrons. The number of hydrogen-bond donors (Lipinski definition) is 1. The molecular weight excluding hydrogens is 385 g/mol. The van der Waals surface area contributed by atoms with E-state index >= 15 is 0 Å². The zero-order valence-electron chi connectivity index (χ0n) is 14.9. The fourth-order valence-electron chi connectivity index (χ4n) is 2.73. The number of fused-ring (bicyclic) bond motifs is 1. The lowest BCUT2D eigenvalue weighted by Crippen LogP contribution is -2.14. The first-order valence-corrected chi connectivity index (χ1v) is 8.96. The van der Waals surface area contributed by atoms with E-state index in [0.29, 0.717) is 33.2 Å². The summed E-state index contributed by atoms with van der Waals surface area (Å²) in [5.41, 5.74) is 0.791. The van der Waals surface area contributed by atoms with E-state index in [2.05, 4.69) is 15.5 Å². The summed E-state index contributed by atoms with van der Waals surface area (Å²) < 4.78 is 29.5. The van der Waals surface area contributed by atoms with Gasteiger partial charge >= 0.3 is 0 Å². The second-order valence-corrected chi connectivity index (χ2v) is 6.67. The Labute approximate surface area is 162 Å². The maximum Gasteiger partial charge on any atom is 0.265 e. The number of amides is 1. The van der Waals surface area contributed by atoms with Crippen molar-refractivity contribution in [2.45, 2.75) is 0 Å². The molecule has 0 fully saturated rings. The van der Waals surface area contributed by atoms with Crippen LogP contribution in [0.25, 0.3) is 21.7 Å². The molecule has 7 nitrogen and oxygen atoms in total. The summed E-state index contributed by atoms with van der Waals surface area (Å²) in [6.45, 7) is 0. The third-order valence-corrected chi connectivity index (χ3v) is 4.84. The molecule has 1 amide bonds. The molecular formula is C19H14FN3O4S. The third-order valence-electron chi connectivity index (χ3n) is 3.99. The first-order valence-electron chi connectivity index (χ1n) is 8.14. The van der Waals surface area contributed by atoms with Gasteiger partial charge in [0, 0.05) is 5.39 Å². The molecule has 9 heteroatoms. The highest BCUT2D eigenvalue weighted by molar-refractivity contribution is 7.18. The molecule has 0 aliphatic carbocycles. The van der Waals surface area contributed by atoms with Crippen molar-refractivity contribution in [3.63, 3.8) is 0 Å². The van der Waals surface area contributed by atoms with Crippen LogP contribution in [0, 0.1) is 5.82 Å². The molecule has 4 rings (SSSR count). The van der Waals surface area contributed by atoms with Crippen molar-refractivity contribution in [3.05, 3.63) is 53.8 Å². The Hall–Kier alpha value is -3.46. The van der Waals surface area contributed by atoms with Crippen molar-refractivity contribution in [1.82, 2.24) is 10.2 Å². The van der Waals surface area contributed by atoms with Crippen molar-refractivity contribution in [1.29, 1.82) is 0 Å². The van der Waals surface area contributed by atoms with Crippen LogP contribution in [0.4, 0.5) is 9.52 Å². The summed E-state index contributed by atoms with van der Waals surface area (Å²) in [6.07, 6.45) is 0. The Morgan fingerprint density at radius 1 is 1.11 bits per heavy atom. The van der Waals surface area contributed by atoms with E-state index in [-0.39, 0.29) is 16.5 Å². The number of halogens is 1. The lowest BCUT2D eigenvalue weighted by Gasteiger charge is -2.11. The van der Waals surface area contributed by atoms with Crippen LogP contribution in [-0.2, 0) is 0 Å². The molecule has 0 bridgehead atoms. The molecule has 0 saturated heterocycles. The summed E-state index contributed by atoms with van der Waals surface area (Å²) in [5.74, 6) is 0.398. The van der Waals surface area contributed by atoms with Crippen LogP contribution in [0.15, 0.2) is 46.9 Å². The van der Waals surface area contributed by atoms with Gasteiger partial charge in [0.15, 0.2) is 10.8 Å². The summed E-state index contributed by atoms with van der Waals surface area (Å²) >= 11 is 1.13. The van der Waals surface area contributed by atoms with E-state index in [1.807, 2.05) is 0 Å². The first-order chi connectivity index (χ1) is 13.6. The van der Waals surface area contributed by atoms with Gasteiger partial charge < -0.3 is 13.9 Å². The van der Waals surface area contributed by atoms with Crippen molar-refractivity contribution >= 4 is 33.3 Å². The van der Waals surface area contributed by atoms with Crippen molar-refractivity contribution in [3.8, 4) is 22.3 Å². The third kappa shape index (κ3) is 3.27. The minimum Gasteiger partial charge on any atom is -0.496 e. The lowest BCUT2D eigenvalue weighted by atomic mass is 10.1. The first kappa shape index (κ1) is 17.9. The van der Waals surface area contributed by atoms with Gasteiger partial charge in [-0.2, -0.15) is 0 Å². The fraction of sp³-hybridized carbons (Fsp3) is 0.105. The Balaban J connectivity index is 1.60. The predicted octanol–water partition coefficient (Wildman–Crippen LogP) is 4.36. The lowest BCUT2D eigenvalue weighted by molar-refractivity contribution is 0.102. The molecule has 0 aliphatic heterocycles. The van der Waals surface area contributed by atoms with E-state index in [1.54, 1.807) is 30.3 Å². The number of carbonyl (C=O) groups excluding carboxylic acids is 1. The van der Waals surface area contributed by atoms with Crippen LogP contribution in [-0.4, -0.2) is 30.3 Å². The van der Waals surface area contributed by atoms with Crippen LogP contribution in [0.2, 0.25) is 0 Å². The standard InChI is InChI=1S/C19H14FN3O4S/c1-25-13-4-3-5-14(26-2)16(13)17(24)21-19-23-22-18(28-19)15-9-10-8-11(20)6-7-12(10)27-15/h3-9H,1-2H3,(H,21,23,24). The van der Waals surface area contributed by atoms with Gasteiger partial charge in [-0.05, 0) is 36.4 Å². The molecule has 0 aliphatic rings. The Bertz CT molecular complexity index is 1150. The second kappa shape index (κ2) is 7.28. The van der Waals surface area contributed by atoms with Crippen LogP contribution in [0.5, 0.6) is 11.5 Å². The number of rotatable bonds is 5.